The van der Waals surface area contributed by atoms with Crippen LogP contribution in [0.5, 0.6) is 0 Å². The van der Waals surface area contributed by atoms with Crippen molar-refractivity contribution in [3.8, 4) is 0 Å². The number of hydrogen-bond acceptors (Lipinski definition) is 5. The first-order chi connectivity index (χ1) is 14.9. The Balaban J connectivity index is 1.58. The van der Waals surface area contributed by atoms with E-state index in [1.165, 1.54) is 17.7 Å². The molecule has 0 unspecified atom stereocenters. The van der Waals surface area contributed by atoms with Crippen LogP contribution in [0.4, 0.5) is 5.69 Å². The highest BCUT2D eigenvalue weighted by atomic mass is 32.1. The molecule has 7 nitrogen and oxygen atoms in total. The summed E-state index contributed by atoms with van der Waals surface area (Å²) in [6.45, 7) is 2.27. The van der Waals surface area contributed by atoms with E-state index in [-0.39, 0.29) is 11.5 Å². The summed E-state index contributed by atoms with van der Waals surface area (Å²) in [7, 11) is 0. The van der Waals surface area contributed by atoms with E-state index in [4.69, 9.17) is 5.73 Å². The number of thiophene rings is 1. The number of aryl methyl sites for hydroxylation is 3. The quantitative estimate of drug-likeness (QED) is 0.487. The minimum atomic E-state index is -0.534. The average molecular weight is 433 g/mol. The van der Waals surface area contributed by atoms with Gasteiger partial charge in [0.05, 0.1) is 16.6 Å². The van der Waals surface area contributed by atoms with Crippen molar-refractivity contribution >= 4 is 39.1 Å². The van der Waals surface area contributed by atoms with E-state index in [0.717, 1.165) is 5.56 Å². The molecule has 0 atom stereocenters. The number of rotatable bonds is 6. The molecule has 3 N–H and O–H groups in total. The Hall–Kier alpha value is -3.78. The summed E-state index contributed by atoms with van der Waals surface area (Å²) in [5.41, 5.74) is 7.72. The van der Waals surface area contributed by atoms with E-state index in [9.17, 15) is 14.4 Å². The first-order valence-electron chi connectivity index (χ1n) is 9.67. The number of aromatic nitrogens is 2. The van der Waals surface area contributed by atoms with E-state index in [1.807, 2.05) is 30.3 Å². The van der Waals surface area contributed by atoms with Gasteiger partial charge in [0.25, 0.3) is 11.5 Å². The minimum Gasteiger partial charge on any atom is -0.366 e. The molecule has 0 aliphatic rings. The van der Waals surface area contributed by atoms with Gasteiger partial charge in [-0.2, -0.15) is 0 Å². The average Bonchev–Trinajstić information content (AvgIpc) is 3.11. The number of primary amides is 1. The van der Waals surface area contributed by atoms with Crippen LogP contribution in [-0.2, 0) is 13.0 Å². The van der Waals surface area contributed by atoms with E-state index in [0.29, 0.717) is 44.9 Å². The third kappa shape index (κ3) is 4.24. The maximum absolute atomic E-state index is 13.0. The van der Waals surface area contributed by atoms with Gasteiger partial charge in [0.15, 0.2) is 0 Å². The molecule has 2 heterocycles. The first-order valence-corrected chi connectivity index (χ1v) is 10.5. The number of nitrogens with zero attached hydrogens (tertiary/aromatic N) is 2. The maximum atomic E-state index is 13.0. The Morgan fingerprint density at radius 1 is 1.10 bits per heavy atom. The van der Waals surface area contributed by atoms with Crippen LogP contribution < -0.4 is 16.6 Å². The molecular formula is C23H20N4O3S. The third-order valence-electron chi connectivity index (χ3n) is 5.04. The van der Waals surface area contributed by atoms with Gasteiger partial charge in [-0.3, -0.25) is 19.0 Å². The summed E-state index contributed by atoms with van der Waals surface area (Å²) in [5, 5.41) is 3.26. The minimum absolute atomic E-state index is 0.153. The molecule has 0 saturated heterocycles. The topological polar surface area (TPSA) is 107 Å². The number of nitrogens with two attached hydrogens (primary N) is 1. The predicted octanol–water partition coefficient (Wildman–Crippen LogP) is 3.36. The van der Waals surface area contributed by atoms with Crippen molar-refractivity contribution in [3.63, 3.8) is 0 Å². The molecule has 8 heteroatoms. The van der Waals surface area contributed by atoms with Crippen molar-refractivity contribution in [2.24, 2.45) is 5.73 Å². The predicted molar refractivity (Wildman–Crippen MR) is 122 cm³/mol. The van der Waals surface area contributed by atoms with Gasteiger partial charge in [-0.05, 0) is 48.7 Å². The molecule has 156 valence electrons. The smallest absolute Gasteiger partial charge is 0.266 e. The van der Waals surface area contributed by atoms with Gasteiger partial charge < -0.3 is 11.1 Å². The Morgan fingerprint density at radius 3 is 2.48 bits per heavy atom. The molecule has 4 rings (SSSR count). The monoisotopic (exact) mass is 432 g/mol. The van der Waals surface area contributed by atoms with Crippen LogP contribution >= 0.6 is 11.3 Å². The van der Waals surface area contributed by atoms with Crippen LogP contribution in [0.3, 0.4) is 0 Å². The highest BCUT2D eigenvalue weighted by molar-refractivity contribution is 7.20. The molecule has 31 heavy (non-hydrogen) atoms. The van der Waals surface area contributed by atoms with Crippen LogP contribution in [-0.4, -0.2) is 21.4 Å². The Bertz CT molecular complexity index is 1320. The fraction of sp³-hybridized carbons (Fsp3) is 0.130. The van der Waals surface area contributed by atoms with Crippen molar-refractivity contribution in [3.05, 3.63) is 92.8 Å². The number of anilines is 1. The number of fused-ring (bicyclic) bond motifs is 1. The highest BCUT2D eigenvalue weighted by Crippen LogP contribution is 2.27. The summed E-state index contributed by atoms with van der Waals surface area (Å²) in [6.07, 6.45) is 2.25. The molecule has 4 aromatic rings. The lowest BCUT2D eigenvalue weighted by Crippen LogP contribution is -2.21. The van der Waals surface area contributed by atoms with Crippen LogP contribution in [0.2, 0.25) is 0 Å². The first kappa shape index (κ1) is 20.5. The second-order valence-electron chi connectivity index (χ2n) is 7.11. The van der Waals surface area contributed by atoms with E-state index >= 15 is 0 Å². The Kier molecular flexibility index (Phi) is 5.64. The summed E-state index contributed by atoms with van der Waals surface area (Å²) in [5.74, 6) is -0.865. The number of carbonyl (C=O) groups is 2. The lowest BCUT2D eigenvalue weighted by Gasteiger charge is -2.06. The van der Waals surface area contributed by atoms with Crippen molar-refractivity contribution in [1.29, 1.82) is 0 Å². The zero-order valence-corrected chi connectivity index (χ0v) is 17.6. The van der Waals surface area contributed by atoms with E-state index < -0.39 is 5.91 Å². The molecule has 0 aliphatic heterocycles. The molecule has 0 aliphatic carbocycles. The molecule has 2 aromatic carbocycles. The number of benzene rings is 2. The van der Waals surface area contributed by atoms with Gasteiger partial charge in [-0.1, -0.05) is 30.3 Å². The molecule has 0 fully saturated rings. The van der Waals surface area contributed by atoms with Crippen molar-refractivity contribution < 1.29 is 9.59 Å². The molecular weight excluding hydrogens is 412 g/mol. The zero-order valence-electron chi connectivity index (χ0n) is 16.8. The number of amides is 2. The summed E-state index contributed by atoms with van der Waals surface area (Å²) in [4.78, 5) is 42.4. The second kappa shape index (κ2) is 8.53. The van der Waals surface area contributed by atoms with Crippen LogP contribution in [0.25, 0.3) is 10.2 Å². The Labute approximate surface area is 182 Å². The van der Waals surface area contributed by atoms with Crippen LogP contribution in [0.1, 0.15) is 31.2 Å². The SMILES string of the molecule is Cc1c(C(=O)Nc2ccc(C(N)=O)cc2)sc2ncn(CCc3ccccc3)c(=O)c12. The zero-order chi connectivity index (χ0) is 22.0. The van der Waals surface area contributed by atoms with E-state index in [2.05, 4.69) is 10.3 Å². The summed E-state index contributed by atoms with van der Waals surface area (Å²) >= 11 is 1.19. The van der Waals surface area contributed by atoms with Gasteiger partial charge in [0.2, 0.25) is 5.91 Å². The molecule has 2 amide bonds. The number of hydrogen-bond donors (Lipinski definition) is 2. The molecule has 0 radical (unpaired) electrons. The standard InChI is InChI=1S/C23H20N4O3S/c1-14-18-22(25-13-27(23(18)30)12-11-15-5-3-2-4-6-15)31-19(14)21(29)26-17-9-7-16(8-10-17)20(24)28/h2-10,13H,11-12H2,1H3,(H2,24,28)(H,26,29). The second-order valence-corrected chi connectivity index (χ2v) is 8.11. The molecule has 0 saturated carbocycles. The van der Waals surface area contributed by atoms with Crippen molar-refractivity contribution in [2.45, 2.75) is 19.9 Å². The third-order valence-corrected chi connectivity index (χ3v) is 6.23. The highest BCUT2D eigenvalue weighted by Gasteiger charge is 2.19. The number of carbonyl (C=O) groups excluding carboxylic acids is 2. The van der Waals surface area contributed by atoms with Gasteiger partial charge in [0.1, 0.15) is 4.83 Å². The van der Waals surface area contributed by atoms with Gasteiger partial charge >= 0.3 is 0 Å². The number of nitrogens with one attached hydrogen (secondary N) is 1. The van der Waals surface area contributed by atoms with Gasteiger partial charge in [0, 0.05) is 17.8 Å². The fourth-order valence-electron chi connectivity index (χ4n) is 3.33. The fourth-order valence-corrected chi connectivity index (χ4v) is 4.37. The largest absolute Gasteiger partial charge is 0.366 e. The maximum Gasteiger partial charge on any atom is 0.266 e. The Morgan fingerprint density at radius 2 is 1.81 bits per heavy atom. The van der Waals surface area contributed by atoms with Gasteiger partial charge in [-0.25, -0.2) is 4.98 Å². The van der Waals surface area contributed by atoms with Crippen molar-refractivity contribution in [2.75, 3.05) is 5.32 Å². The summed E-state index contributed by atoms with van der Waals surface area (Å²) < 4.78 is 1.58. The van der Waals surface area contributed by atoms with Crippen LogP contribution in [0, 0.1) is 6.92 Å². The lowest BCUT2D eigenvalue weighted by molar-refractivity contribution is 0.0998. The van der Waals surface area contributed by atoms with Crippen LogP contribution in [0.15, 0.2) is 65.7 Å². The van der Waals surface area contributed by atoms with Crippen molar-refractivity contribution in [1.82, 2.24) is 9.55 Å². The molecule has 2 aromatic heterocycles. The summed E-state index contributed by atoms with van der Waals surface area (Å²) in [6, 6.07) is 16.2. The van der Waals surface area contributed by atoms with E-state index in [1.54, 1.807) is 35.8 Å². The van der Waals surface area contributed by atoms with Gasteiger partial charge in [-0.15, -0.1) is 11.3 Å². The molecule has 0 bridgehead atoms. The normalized spacial score (nSPS) is 10.9. The molecule has 0 spiro atoms. The lowest BCUT2D eigenvalue weighted by atomic mass is 10.1.